The number of pyridine rings is 1. The molecule has 1 saturated heterocycles. The molecule has 2 aromatic carbocycles. The number of aryl methyl sites for hydroxylation is 2. The van der Waals surface area contributed by atoms with Gasteiger partial charge in [-0.2, -0.15) is 0 Å². The number of methoxy groups -OCH3 is 1. The predicted octanol–water partition coefficient (Wildman–Crippen LogP) is 5.05. The molecule has 2 aromatic heterocycles. The summed E-state index contributed by atoms with van der Waals surface area (Å²) in [5.74, 6) is -0.233. The Morgan fingerprint density at radius 2 is 1.85 bits per heavy atom. The molecule has 2 amide bonds. The summed E-state index contributed by atoms with van der Waals surface area (Å²) in [4.78, 5) is 45.7. The van der Waals surface area contributed by atoms with Gasteiger partial charge in [0, 0.05) is 17.7 Å². The Labute approximate surface area is 236 Å². The van der Waals surface area contributed by atoms with Crippen LogP contribution in [0.25, 0.3) is 11.1 Å². The maximum atomic E-state index is 13.6. The molecule has 0 saturated carbocycles. The van der Waals surface area contributed by atoms with Crippen LogP contribution in [0.15, 0.2) is 71.3 Å². The van der Waals surface area contributed by atoms with Crippen LogP contribution in [-0.4, -0.2) is 46.4 Å². The van der Waals surface area contributed by atoms with Gasteiger partial charge in [-0.3, -0.25) is 14.6 Å². The predicted molar refractivity (Wildman–Crippen MR) is 150 cm³/mol. The highest BCUT2D eigenvalue weighted by atomic mass is 16.5. The van der Waals surface area contributed by atoms with Gasteiger partial charge in [0.15, 0.2) is 0 Å². The summed E-state index contributed by atoms with van der Waals surface area (Å²) in [5.41, 5.74) is 3.85. The van der Waals surface area contributed by atoms with Gasteiger partial charge in [-0.05, 0) is 73.2 Å². The summed E-state index contributed by atoms with van der Waals surface area (Å²) in [6.07, 6.45) is 4.19. The van der Waals surface area contributed by atoms with E-state index in [4.69, 9.17) is 14.1 Å². The maximum Gasteiger partial charge on any atom is 0.338 e. The van der Waals surface area contributed by atoms with E-state index in [-0.39, 0.29) is 30.0 Å². The third kappa shape index (κ3) is 4.95. The van der Waals surface area contributed by atoms with E-state index in [1.54, 1.807) is 54.7 Å². The highest BCUT2D eigenvalue weighted by molar-refractivity contribution is 6.10. The number of carboxylic acids is 1. The van der Waals surface area contributed by atoms with Crippen LogP contribution in [0.1, 0.15) is 72.7 Å². The van der Waals surface area contributed by atoms with E-state index in [0.29, 0.717) is 58.8 Å². The number of nitrogens with one attached hydrogen (secondary N) is 1. The first-order chi connectivity index (χ1) is 19.9. The largest absolute Gasteiger partial charge is 0.497 e. The lowest BCUT2D eigenvalue weighted by Crippen LogP contribution is -2.23. The summed E-state index contributed by atoms with van der Waals surface area (Å²) >= 11 is 0. The van der Waals surface area contributed by atoms with Crippen LogP contribution < -0.4 is 10.1 Å². The molecule has 208 valence electrons. The molecule has 0 spiro atoms. The molecule has 9 heteroatoms. The quantitative estimate of drug-likeness (QED) is 0.298. The molecule has 0 bridgehead atoms. The Morgan fingerprint density at radius 1 is 1.07 bits per heavy atom. The van der Waals surface area contributed by atoms with Gasteiger partial charge >= 0.3 is 5.97 Å². The Balaban J connectivity index is 1.38. The van der Waals surface area contributed by atoms with Gasteiger partial charge in [-0.15, -0.1) is 0 Å². The monoisotopic (exact) mass is 551 g/mol. The number of ether oxygens (including phenoxy) is 1. The number of carbonyl (C=O) groups excluding carboxylic acids is 2. The molecule has 9 nitrogen and oxygen atoms in total. The van der Waals surface area contributed by atoms with Crippen LogP contribution in [0.2, 0.25) is 0 Å². The Hall–Kier alpha value is -4.92. The molecule has 4 aromatic rings. The lowest BCUT2D eigenvalue weighted by atomic mass is 9.89. The first kappa shape index (κ1) is 26.3. The van der Waals surface area contributed by atoms with E-state index in [2.05, 4.69) is 5.32 Å². The second-order valence-corrected chi connectivity index (χ2v) is 10.2. The number of hydrogen-bond acceptors (Lipinski definition) is 6. The van der Waals surface area contributed by atoms with E-state index in [1.807, 2.05) is 24.3 Å². The number of aromatic carboxylic acids is 1. The standard InChI is InChI=1S/C32H29N3O6/c1-40-22-13-6-19(7-14-22)8-15-24-27(32(38)39)26(28-29(34-24)25-5-2-16-35(25)31(28)37)20-9-11-21(12-10-20)30(36)33-18-23-4-3-17-41-23/h3-4,6-7,9-14,17,25H,2,5,8,15-16,18H2,1H3,(H,33,36)(H,38,39)/t25-/m1/s1. The molecule has 2 aliphatic heterocycles. The molecule has 4 heterocycles. The zero-order chi connectivity index (χ0) is 28.5. The van der Waals surface area contributed by atoms with Crippen molar-refractivity contribution in [3.63, 3.8) is 0 Å². The van der Waals surface area contributed by atoms with Crippen molar-refractivity contribution in [3.8, 4) is 16.9 Å². The number of furan rings is 1. The van der Waals surface area contributed by atoms with Crippen molar-refractivity contribution in [2.45, 2.75) is 38.3 Å². The van der Waals surface area contributed by atoms with Crippen LogP contribution in [0.5, 0.6) is 5.75 Å². The number of amides is 2. The van der Waals surface area contributed by atoms with Crippen molar-refractivity contribution in [2.24, 2.45) is 0 Å². The van der Waals surface area contributed by atoms with Gasteiger partial charge < -0.3 is 24.5 Å². The Bertz CT molecular complexity index is 1610. The first-order valence-electron chi connectivity index (χ1n) is 13.6. The molecule has 41 heavy (non-hydrogen) atoms. The minimum absolute atomic E-state index is 0.0295. The van der Waals surface area contributed by atoms with Gasteiger partial charge in [-0.1, -0.05) is 24.3 Å². The number of fused-ring (bicyclic) bond motifs is 3. The van der Waals surface area contributed by atoms with Crippen molar-refractivity contribution < 1.29 is 28.6 Å². The highest BCUT2D eigenvalue weighted by Gasteiger charge is 2.44. The third-order valence-corrected chi connectivity index (χ3v) is 7.81. The minimum atomic E-state index is -1.14. The van der Waals surface area contributed by atoms with Crippen LogP contribution in [0.3, 0.4) is 0 Å². The Kier molecular flexibility index (Phi) is 7.01. The Morgan fingerprint density at radius 3 is 2.54 bits per heavy atom. The number of rotatable bonds is 9. The first-order valence-corrected chi connectivity index (χ1v) is 13.6. The fraction of sp³-hybridized carbons (Fsp3) is 0.250. The number of aromatic nitrogens is 1. The zero-order valence-electron chi connectivity index (χ0n) is 22.6. The van der Waals surface area contributed by atoms with E-state index in [0.717, 1.165) is 24.2 Å². The topological polar surface area (TPSA) is 122 Å². The molecule has 1 fully saturated rings. The number of benzene rings is 2. The highest BCUT2D eigenvalue weighted by Crippen LogP contribution is 2.45. The smallest absolute Gasteiger partial charge is 0.338 e. The van der Waals surface area contributed by atoms with E-state index < -0.39 is 5.97 Å². The van der Waals surface area contributed by atoms with Crippen LogP contribution >= 0.6 is 0 Å². The molecular weight excluding hydrogens is 522 g/mol. The summed E-state index contributed by atoms with van der Waals surface area (Å²) in [6.45, 7) is 0.871. The number of nitrogens with zero attached hydrogens (tertiary/aromatic N) is 2. The second-order valence-electron chi connectivity index (χ2n) is 10.2. The van der Waals surface area contributed by atoms with E-state index in [1.165, 1.54) is 0 Å². The molecule has 0 unspecified atom stereocenters. The molecular formula is C32H29N3O6. The summed E-state index contributed by atoms with van der Waals surface area (Å²) in [6, 6.07) is 17.7. The normalized spacial score (nSPS) is 15.5. The average Bonchev–Trinajstić information content (AvgIpc) is 3.75. The van der Waals surface area contributed by atoms with E-state index >= 15 is 0 Å². The summed E-state index contributed by atoms with van der Waals surface area (Å²) in [5, 5.41) is 13.3. The van der Waals surface area contributed by atoms with Gasteiger partial charge in [0.1, 0.15) is 11.5 Å². The zero-order valence-corrected chi connectivity index (χ0v) is 22.6. The molecule has 6 rings (SSSR count). The van der Waals surface area contributed by atoms with Crippen molar-refractivity contribution >= 4 is 17.8 Å². The van der Waals surface area contributed by atoms with Crippen LogP contribution in [0.4, 0.5) is 0 Å². The van der Waals surface area contributed by atoms with Gasteiger partial charge in [-0.25, -0.2) is 4.79 Å². The number of carboxylic acid groups (broad SMARTS) is 1. The SMILES string of the molecule is COc1ccc(CCc2nc3c(c(-c4ccc(C(=O)NCc5ccco5)cc4)c2C(=O)O)C(=O)N2CCC[C@H]32)cc1. The van der Waals surface area contributed by atoms with Gasteiger partial charge in [0.05, 0.1) is 48.5 Å². The number of carbonyl (C=O) groups is 3. The molecule has 2 aliphatic rings. The average molecular weight is 552 g/mol. The van der Waals surface area contributed by atoms with Crippen molar-refractivity contribution in [3.05, 3.63) is 106 Å². The van der Waals surface area contributed by atoms with Crippen LogP contribution in [-0.2, 0) is 19.4 Å². The van der Waals surface area contributed by atoms with E-state index in [9.17, 15) is 19.5 Å². The van der Waals surface area contributed by atoms with Crippen LogP contribution in [0, 0.1) is 0 Å². The van der Waals surface area contributed by atoms with Crippen molar-refractivity contribution in [1.82, 2.24) is 15.2 Å². The van der Waals surface area contributed by atoms with Gasteiger partial charge in [0.2, 0.25) is 0 Å². The second kappa shape index (κ2) is 10.9. The van der Waals surface area contributed by atoms with Gasteiger partial charge in [0.25, 0.3) is 11.8 Å². The summed E-state index contributed by atoms with van der Waals surface area (Å²) in [7, 11) is 1.61. The van der Waals surface area contributed by atoms with Crippen molar-refractivity contribution in [2.75, 3.05) is 13.7 Å². The molecule has 0 radical (unpaired) electrons. The fourth-order valence-corrected chi connectivity index (χ4v) is 5.78. The minimum Gasteiger partial charge on any atom is -0.497 e. The number of hydrogen-bond donors (Lipinski definition) is 2. The summed E-state index contributed by atoms with van der Waals surface area (Å²) < 4.78 is 10.5. The molecule has 0 aliphatic carbocycles. The fourth-order valence-electron chi connectivity index (χ4n) is 5.78. The maximum absolute atomic E-state index is 13.6. The lowest BCUT2D eigenvalue weighted by Gasteiger charge is -2.17. The van der Waals surface area contributed by atoms with Crippen molar-refractivity contribution in [1.29, 1.82) is 0 Å². The molecule has 2 N–H and O–H groups in total. The lowest BCUT2D eigenvalue weighted by molar-refractivity contribution is 0.0695. The third-order valence-electron chi connectivity index (χ3n) is 7.81. The molecule has 1 atom stereocenters.